The fourth-order valence-corrected chi connectivity index (χ4v) is 3.17. The second kappa shape index (κ2) is 7.32. The smallest absolute Gasteiger partial charge is 0.122 e. The van der Waals surface area contributed by atoms with Crippen LogP contribution in [0.15, 0.2) is 82.6 Å². The summed E-state index contributed by atoms with van der Waals surface area (Å²) in [7, 11) is 0. The van der Waals surface area contributed by atoms with Gasteiger partial charge in [0.2, 0.25) is 0 Å². The van der Waals surface area contributed by atoms with Crippen LogP contribution >= 0.6 is 11.8 Å². The van der Waals surface area contributed by atoms with E-state index in [0.717, 1.165) is 21.1 Å². The molecule has 3 aromatic carbocycles. The molecule has 0 saturated carbocycles. The zero-order valence-electron chi connectivity index (χ0n) is 13.3. The first-order valence-corrected chi connectivity index (χ1v) is 8.51. The molecule has 0 fully saturated rings. The van der Waals surface area contributed by atoms with E-state index in [2.05, 4.69) is 0 Å². The van der Waals surface area contributed by atoms with Crippen LogP contribution in [0.4, 0.5) is 5.69 Å². The highest BCUT2D eigenvalue weighted by molar-refractivity contribution is 7.99. The third-order valence-electron chi connectivity index (χ3n) is 3.63. The lowest BCUT2D eigenvalue weighted by molar-refractivity contribution is 0.227. The van der Waals surface area contributed by atoms with Crippen molar-refractivity contribution in [1.29, 1.82) is 0 Å². The van der Waals surface area contributed by atoms with Crippen LogP contribution in [-0.4, -0.2) is 5.11 Å². The highest BCUT2D eigenvalue weighted by Crippen LogP contribution is 2.35. The van der Waals surface area contributed by atoms with Gasteiger partial charge in [-0.2, -0.15) is 0 Å². The van der Waals surface area contributed by atoms with E-state index in [4.69, 9.17) is 10.5 Å². The number of phenolic OH excluding ortho intramolecular Hbond substituents is 1. The van der Waals surface area contributed by atoms with E-state index >= 15 is 0 Å². The summed E-state index contributed by atoms with van der Waals surface area (Å²) in [6, 6.07) is 22.9. The van der Waals surface area contributed by atoms with Gasteiger partial charge in [-0.1, -0.05) is 42.1 Å². The minimum absolute atomic E-state index is 0.0406. The van der Waals surface area contributed by atoms with Gasteiger partial charge in [0, 0.05) is 21.5 Å². The van der Waals surface area contributed by atoms with E-state index in [1.165, 1.54) is 0 Å². The van der Waals surface area contributed by atoms with Crippen molar-refractivity contribution in [2.24, 2.45) is 0 Å². The summed E-state index contributed by atoms with van der Waals surface area (Å²) in [5.74, 6) is 1.00. The molecule has 24 heavy (non-hydrogen) atoms. The zero-order chi connectivity index (χ0) is 16.9. The van der Waals surface area contributed by atoms with E-state index in [1.807, 2.05) is 67.6 Å². The molecule has 0 aromatic heterocycles. The van der Waals surface area contributed by atoms with Crippen LogP contribution in [0.25, 0.3) is 0 Å². The second-order valence-electron chi connectivity index (χ2n) is 5.47. The van der Waals surface area contributed by atoms with Crippen molar-refractivity contribution in [3.63, 3.8) is 0 Å². The van der Waals surface area contributed by atoms with Gasteiger partial charge in [-0.05, 0) is 48.9 Å². The van der Waals surface area contributed by atoms with E-state index in [9.17, 15) is 5.11 Å². The van der Waals surface area contributed by atoms with Gasteiger partial charge in [0.05, 0.1) is 0 Å². The number of nitrogens with two attached hydrogens (primary N) is 1. The van der Waals surface area contributed by atoms with Crippen molar-refractivity contribution in [3.05, 3.63) is 78.4 Å². The molecule has 3 N–H and O–H groups in total. The van der Waals surface area contributed by atoms with Crippen molar-refractivity contribution in [2.75, 3.05) is 5.73 Å². The van der Waals surface area contributed by atoms with Crippen molar-refractivity contribution < 1.29 is 9.84 Å². The van der Waals surface area contributed by atoms with Crippen molar-refractivity contribution in [2.45, 2.75) is 22.8 Å². The Morgan fingerprint density at radius 3 is 2.33 bits per heavy atom. The first-order valence-electron chi connectivity index (χ1n) is 7.70. The first-order chi connectivity index (χ1) is 11.6. The number of nitrogen functional groups attached to an aromatic ring is 1. The molecule has 0 aliphatic rings. The van der Waals surface area contributed by atoms with Crippen LogP contribution in [0.1, 0.15) is 18.6 Å². The average molecular weight is 337 g/mol. The van der Waals surface area contributed by atoms with Gasteiger partial charge in [-0.15, -0.1) is 0 Å². The molecule has 0 aliphatic heterocycles. The fraction of sp³-hybridized carbons (Fsp3) is 0.100. The summed E-state index contributed by atoms with van der Waals surface area (Å²) in [6.07, 6.45) is -0.0406. The van der Waals surface area contributed by atoms with Gasteiger partial charge in [0.25, 0.3) is 0 Å². The number of hydrogen-bond donors (Lipinski definition) is 2. The Hall–Kier alpha value is -2.59. The summed E-state index contributed by atoms with van der Waals surface area (Å²) in [5, 5.41) is 9.34. The maximum absolute atomic E-state index is 9.34. The van der Waals surface area contributed by atoms with Gasteiger partial charge in [0.15, 0.2) is 0 Å². The molecule has 0 saturated heterocycles. The standard InChI is InChI=1S/C20H19NO2S/c1-14(15-5-3-2-4-6-15)23-17-9-12-20(19(21)13-17)24-18-10-7-16(22)8-11-18/h2-14,22H,21H2,1H3/t14-/m1/s1. The molecule has 0 unspecified atom stereocenters. The Morgan fingerprint density at radius 2 is 1.67 bits per heavy atom. The van der Waals surface area contributed by atoms with Gasteiger partial charge >= 0.3 is 0 Å². The number of phenols is 1. The van der Waals surface area contributed by atoms with Crippen LogP contribution in [0, 0.1) is 0 Å². The highest BCUT2D eigenvalue weighted by Gasteiger charge is 2.09. The lowest BCUT2D eigenvalue weighted by atomic mass is 10.1. The van der Waals surface area contributed by atoms with E-state index in [-0.39, 0.29) is 11.9 Å². The fourth-order valence-electron chi connectivity index (χ4n) is 2.33. The zero-order valence-corrected chi connectivity index (χ0v) is 14.2. The van der Waals surface area contributed by atoms with E-state index in [0.29, 0.717) is 5.69 Å². The van der Waals surface area contributed by atoms with Crippen LogP contribution in [0.2, 0.25) is 0 Å². The summed E-state index contributed by atoms with van der Waals surface area (Å²) in [6.45, 7) is 2.02. The molecule has 0 spiro atoms. The summed E-state index contributed by atoms with van der Waals surface area (Å²) in [5.41, 5.74) is 7.96. The van der Waals surface area contributed by atoms with Crippen LogP contribution in [-0.2, 0) is 0 Å². The lowest BCUT2D eigenvalue weighted by Crippen LogP contribution is -2.03. The summed E-state index contributed by atoms with van der Waals surface area (Å²) < 4.78 is 5.98. The molecule has 0 heterocycles. The lowest BCUT2D eigenvalue weighted by Gasteiger charge is -2.16. The van der Waals surface area contributed by atoms with E-state index in [1.54, 1.807) is 23.9 Å². The molecule has 0 radical (unpaired) electrons. The number of rotatable bonds is 5. The van der Waals surface area contributed by atoms with Gasteiger partial charge in [0.1, 0.15) is 17.6 Å². The largest absolute Gasteiger partial charge is 0.508 e. The minimum Gasteiger partial charge on any atom is -0.508 e. The molecule has 3 rings (SSSR count). The molecule has 0 aliphatic carbocycles. The average Bonchev–Trinajstić information content (AvgIpc) is 2.60. The molecule has 1 atom stereocenters. The third-order valence-corrected chi connectivity index (χ3v) is 4.73. The molecule has 3 aromatic rings. The van der Waals surface area contributed by atoms with Crippen LogP contribution in [0.3, 0.4) is 0 Å². The van der Waals surface area contributed by atoms with Crippen LogP contribution < -0.4 is 10.5 Å². The molecule has 0 amide bonds. The first kappa shape index (κ1) is 16.3. The number of benzene rings is 3. The van der Waals surface area contributed by atoms with Crippen molar-refractivity contribution in [3.8, 4) is 11.5 Å². The number of ether oxygens (including phenoxy) is 1. The number of anilines is 1. The molecular weight excluding hydrogens is 318 g/mol. The monoisotopic (exact) mass is 337 g/mol. The SMILES string of the molecule is C[C@@H](Oc1ccc(Sc2ccc(O)cc2)c(N)c1)c1ccccc1. The van der Waals surface area contributed by atoms with Crippen LogP contribution in [0.5, 0.6) is 11.5 Å². The maximum atomic E-state index is 9.34. The molecule has 4 heteroatoms. The molecular formula is C20H19NO2S. The number of hydrogen-bond acceptors (Lipinski definition) is 4. The topological polar surface area (TPSA) is 55.5 Å². The predicted octanol–water partition coefficient (Wildman–Crippen LogP) is 5.27. The quantitative estimate of drug-likeness (QED) is 0.623. The Balaban J connectivity index is 1.71. The second-order valence-corrected chi connectivity index (χ2v) is 6.58. The van der Waals surface area contributed by atoms with Crippen molar-refractivity contribution in [1.82, 2.24) is 0 Å². The highest BCUT2D eigenvalue weighted by atomic mass is 32.2. The Labute approximate surface area is 146 Å². The van der Waals surface area contributed by atoms with E-state index < -0.39 is 0 Å². The Bertz CT molecular complexity index is 804. The Morgan fingerprint density at radius 1 is 0.958 bits per heavy atom. The van der Waals surface area contributed by atoms with Gasteiger partial charge in [-0.25, -0.2) is 0 Å². The summed E-state index contributed by atoms with van der Waals surface area (Å²) >= 11 is 1.56. The normalized spacial score (nSPS) is 11.9. The van der Waals surface area contributed by atoms with Crippen molar-refractivity contribution >= 4 is 17.4 Å². The summed E-state index contributed by atoms with van der Waals surface area (Å²) in [4.78, 5) is 1.98. The minimum atomic E-state index is -0.0406. The predicted molar refractivity (Wildman–Crippen MR) is 98.6 cm³/mol. The molecule has 0 bridgehead atoms. The maximum Gasteiger partial charge on any atom is 0.122 e. The molecule has 122 valence electrons. The van der Waals surface area contributed by atoms with Gasteiger partial charge < -0.3 is 15.6 Å². The molecule has 3 nitrogen and oxygen atoms in total. The van der Waals surface area contributed by atoms with Gasteiger partial charge in [-0.3, -0.25) is 0 Å². The third kappa shape index (κ3) is 4.03. The Kier molecular flexibility index (Phi) is 4.96. The number of aromatic hydroxyl groups is 1.